The van der Waals surface area contributed by atoms with Crippen molar-refractivity contribution >= 4 is 17.2 Å². The third-order valence-corrected chi connectivity index (χ3v) is 6.10. The molecule has 5 aromatic rings. The normalized spacial score (nSPS) is 10.6. The van der Waals surface area contributed by atoms with Crippen molar-refractivity contribution in [2.45, 2.75) is 0 Å². The van der Waals surface area contributed by atoms with Crippen LogP contribution in [0.5, 0.6) is 0 Å². The van der Waals surface area contributed by atoms with Crippen LogP contribution >= 0.6 is 0 Å². The van der Waals surface area contributed by atoms with Crippen LogP contribution in [0.1, 0.15) is 15.9 Å². The molecule has 0 aliphatic rings. The second-order valence-electron chi connectivity index (χ2n) is 8.42. The van der Waals surface area contributed by atoms with E-state index < -0.39 is 9.85 Å². The van der Waals surface area contributed by atoms with Crippen LogP contribution in [0, 0.1) is 20.2 Å². The molecule has 0 radical (unpaired) electrons. The summed E-state index contributed by atoms with van der Waals surface area (Å²) in [5.74, 6) is -0.0297. The fourth-order valence-electron chi connectivity index (χ4n) is 4.10. The number of rotatable bonds is 7. The van der Waals surface area contributed by atoms with Gasteiger partial charge in [0.1, 0.15) is 6.07 Å². The number of ketones is 1. The molecule has 0 aliphatic carbocycles. The van der Waals surface area contributed by atoms with Crippen molar-refractivity contribution in [1.29, 1.82) is 0 Å². The second kappa shape index (κ2) is 10.2. The highest BCUT2D eigenvalue weighted by Gasteiger charge is 2.26. The maximum atomic E-state index is 12.6. The van der Waals surface area contributed by atoms with Crippen molar-refractivity contribution in [1.82, 2.24) is 0 Å². The molecule has 9 nitrogen and oxygen atoms in total. The van der Waals surface area contributed by atoms with Crippen molar-refractivity contribution in [3.05, 3.63) is 153 Å². The average molecular weight is 505 g/mol. The fraction of sp³-hybridized carbons (Fsp3) is 0. The molecule has 184 valence electrons. The van der Waals surface area contributed by atoms with E-state index in [1.807, 2.05) is 71.6 Å². The van der Waals surface area contributed by atoms with E-state index in [0.29, 0.717) is 11.1 Å². The molecule has 0 amide bonds. The van der Waals surface area contributed by atoms with Crippen LogP contribution in [0.25, 0.3) is 22.5 Å². The van der Waals surface area contributed by atoms with Gasteiger partial charge in [0.25, 0.3) is 11.4 Å². The van der Waals surface area contributed by atoms with Crippen LogP contribution in [0.3, 0.4) is 0 Å². The standard InChI is InChI=1S/C29H20N4O5/c34-29(23-4-2-1-3-5-23)24-6-8-25(9-7-24)30-16-12-21(13-17-30)22-14-18-31(19-15-22)27-11-10-26(32(35)36)20-28(27)33(37)38/h1-20H/q+2. The Hall–Kier alpha value is -5.57. The van der Waals surface area contributed by atoms with Gasteiger partial charge in [0.2, 0.25) is 5.69 Å². The number of benzene rings is 3. The van der Waals surface area contributed by atoms with Gasteiger partial charge in [0, 0.05) is 59.7 Å². The lowest BCUT2D eigenvalue weighted by Gasteiger charge is -2.03. The van der Waals surface area contributed by atoms with E-state index in [0.717, 1.165) is 22.9 Å². The summed E-state index contributed by atoms with van der Waals surface area (Å²) in [5, 5.41) is 22.5. The van der Waals surface area contributed by atoms with Gasteiger partial charge in [-0.1, -0.05) is 30.3 Å². The van der Waals surface area contributed by atoms with Gasteiger partial charge in [-0.2, -0.15) is 9.13 Å². The number of aromatic nitrogens is 2. The number of pyridine rings is 2. The van der Waals surface area contributed by atoms with Crippen LogP contribution in [0.4, 0.5) is 11.4 Å². The van der Waals surface area contributed by atoms with Gasteiger partial charge in [0.15, 0.2) is 30.6 Å². The maximum Gasteiger partial charge on any atom is 0.347 e. The Kier molecular flexibility index (Phi) is 6.48. The molecule has 38 heavy (non-hydrogen) atoms. The molecule has 5 rings (SSSR count). The monoisotopic (exact) mass is 504 g/mol. The Morgan fingerprint density at radius 2 is 1.16 bits per heavy atom. The summed E-state index contributed by atoms with van der Waals surface area (Å²) < 4.78 is 3.48. The second-order valence-corrected chi connectivity index (χ2v) is 8.42. The highest BCUT2D eigenvalue weighted by Crippen LogP contribution is 2.25. The first-order valence-corrected chi connectivity index (χ1v) is 11.6. The van der Waals surface area contributed by atoms with Crippen LogP contribution in [0.15, 0.2) is 122 Å². The summed E-state index contributed by atoms with van der Waals surface area (Å²) in [7, 11) is 0. The van der Waals surface area contributed by atoms with Crippen molar-refractivity contribution in [2.24, 2.45) is 0 Å². The lowest BCUT2D eigenvalue weighted by atomic mass is 10.0. The summed E-state index contributed by atoms with van der Waals surface area (Å²) in [6.07, 6.45) is 7.16. The van der Waals surface area contributed by atoms with Crippen molar-refractivity contribution in [3.8, 4) is 22.5 Å². The number of carbonyl (C=O) groups is 1. The van der Waals surface area contributed by atoms with Crippen molar-refractivity contribution in [3.63, 3.8) is 0 Å². The molecule has 3 aromatic carbocycles. The highest BCUT2D eigenvalue weighted by atomic mass is 16.6. The van der Waals surface area contributed by atoms with Crippen LogP contribution < -0.4 is 9.13 Å². The van der Waals surface area contributed by atoms with Crippen LogP contribution in [-0.2, 0) is 0 Å². The number of hydrogen-bond acceptors (Lipinski definition) is 5. The zero-order valence-electron chi connectivity index (χ0n) is 19.9. The van der Waals surface area contributed by atoms with Gasteiger partial charge in [-0.05, 0) is 23.3 Å². The van der Waals surface area contributed by atoms with Gasteiger partial charge in [-0.3, -0.25) is 25.0 Å². The van der Waals surface area contributed by atoms with E-state index in [4.69, 9.17) is 0 Å². The lowest BCUT2D eigenvalue weighted by molar-refractivity contribution is -0.600. The zero-order valence-corrected chi connectivity index (χ0v) is 19.9. The molecule has 0 bridgehead atoms. The molecular weight excluding hydrogens is 484 g/mol. The fourth-order valence-corrected chi connectivity index (χ4v) is 4.10. The van der Waals surface area contributed by atoms with Gasteiger partial charge < -0.3 is 0 Å². The summed E-state index contributed by atoms with van der Waals surface area (Å²) in [4.78, 5) is 33.8. The van der Waals surface area contributed by atoms with E-state index >= 15 is 0 Å². The molecule has 0 atom stereocenters. The molecular formula is C29H20N4O5+2. The smallest absolute Gasteiger partial charge is 0.289 e. The van der Waals surface area contributed by atoms with Crippen LogP contribution in [0.2, 0.25) is 0 Å². The molecule has 0 N–H and O–H groups in total. The molecule has 0 unspecified atom stereocenters. The van der Waals surface area contributed by atoms with E-state index in [1.165, 1.54) is 12.1 Å². The first-order chi connectivity index (χ1) is 18.4. The number of carbonyl (C=O) groups excluding carboxylic acids is 1. The Balaban J connectivity index is 1.34. The third-order valence-electron chi connectivity index (χ3n) is 6.10. The van der Waals surface area contributed by atoms with E-state index in [2.05, 4.69) is 0 Å². The topological polar surface area (TPSA) is 111 Å². The highest BCUT2D eigenvalue weighted by molar-refractivity contribution is 6.08. The summed E-state index contributed by atoms with van der Waals surface area (Å²) in [5.41, 5.74) is 3.52. The SMILES string of the molecule is O=C(c1ccccc1)c1ccc(-[n+]2ccc(-c3cc[n+](-c4ccc([N+](=O)[O-])cc4[N+](=O)[O-])cc3)cc2)cc1. The number of hydrogen-bond donors (Lipinski definition) is 0. The molecule has 0 fully saturated rings. The Morgan fingerprint density at radius 3 is 1.71 bits per heavy atom. The number of nitrogens with zero attached hydrogens (tertiary/aromatic N) is 4. The minimum absolute atomic E-state index is 0.0297. The predicted molar refractivity (Wildman–Crippen MR) is 138 cm³/mol. The minimum atomic E-state index is -0.662. The number of nitro groups is 2. The molecule has 0 saturated heterocycles. The van der Waals surface area contributed by atoms with Gasteiger partial charge in [0.05, 0.1) is 9.85 Å². The van der Waals surface area contributed by atoms with E-state index in [-0.39, 0.29) is 22.8 Å². The molecule has 2 aromatic heterocycles. The quantitative estimate of drug-likeness (QED) is 0.135. The van der Waals surface area contributed by atoms with Gasteiger partial charge in [-0.25, -0.2) is 0 Å². The Morgan fingerprint density at radius 1 is 0.605 bits per heavy atom. The Bertz CT molecular complexity index is 1650. The first-order valence-electron chi connectivity index (χ1n) is 11.6. The number of nitro benzene ring substituents is 2. The first kappa shape index (κ1) is 24.1. The number of non-ortho nitro benzene ring substituents is 1. The molecule has 9 heteroatoms. The minimum Gasteiger partial charge on any atom is -0.289 e. The lowest BCUT2D eigenvalue weighted by Crippen LogP contribution is -2.30. The molecule has 0 spiro atoms. The summed E-state index contributed by atoms with van der Waals surface area (Å²) in [6.45, 7) is 0. The molecule has 2 heterocycles. The maximum absolute atomic E-state index is 12.6. The zero-order chi connectivity index (χ0) is 26.6. The van der Waals surface area contributed by atoms with E-state index in [1.54, 1.807) is 41.2 Å². The summed E-state index contributed by atoms with van der Waals surface area (Å²) >= 11 is 0. The Labute approximate surface area is 216 Å². The van der Waals surface area contributed by atoms with Crippen molar-refractivity contribution in [2.75, 3.05) is 0 Å². The molecule has 0 aliphatic heterocycles. The van der Waals surface area contributed by atoms with Crippen molar-refractivity contribution < 1.29 is 23.8 Å². The predicted octanol–water partition coefficient (Wildman–Crippen LogP) is 4.95. The largest absolute Gasteiger partial charge is 0.347 e. The van der Waals surface area contributed by atoms with Crippen LogP contribution in [-0.4, -0.2) is 15.6 Å². The van der Waals surface area contributed by atoms with E-state index in [9.17, 15) is 25.0 Å². The van der Waals surface area contributed by atoms with Gasteiger partial charge >= 0.3 is 5.69 Å². The summed E-state index contributed by atoms with van der Waals surface area (Å²) in [6, 6.07) is 27.6. The third kappa shape index (κ3) is 4.89. The van der Waals surface area contributed by atoms with Gasteiger partial charge in [-0.15, -0.1) is 0 Å². The molecule has 0 saturated carbocycles. The average Bonchev–Trinajstić information content (AvgIpc) is 2.97.